The van der Waals surface area contributed by atoms with Gasteiger partial charge in [0.25, 0.3) is 0 Å². The SMILES string of the molecule is C=C[C@@H](c1ccc(Cl)c(Cl)c1)C(C)C. The Morgan fingerprint density at radius 1 is 1.21 bits per heavy atom. The minimum atomic E-state index is 0.338. The summed E-state index contributed by atoms with van der Waals surface area (Å²) in [5.74, 6) is 0.856. The summed E-state index contributed by atoms with van der Waals surface area (Å²) in [6.07, 6.45) is 1.95. The highest BCUT2D eigenvalue weighted by atomic mass is 35.5. The van der Waals surface area contributed by atoms with E-state index in [2.05, 4.69) is 20.4 Å². The summed E-state index contributed by atoms with van der Waals surface area (Å²) in [5, 5.41) is 1.21. The Morgan fingerprint density at radius 3 is 2.29 bits per heavy atom. The summed E-state index contributed by atoms with van der Waals surface area (Å²) in [7, 11) is 0. The number of halogens is 2. The molecule has 0 heterocycles. The largest absolute Gasteiger partial charge is 0.102 e. The molecule has 76 valence electrons. The monoisotopic (exact) mass is 228 g/mol. The normalized spacial score (nSPS) is 12.9. The molecule has 14 heavy (non-hydrogen) atoms. The minimum absolute atomic E-state index is 0.338. The molecule has 0 fully saturated rings. The molecule has 0 aliphatic rings. The van der Waals surface area contributed by atoms with Crippen LogP contribution < -0.4 is 0 Å². The van der Waals surface area contributed by atoms with Crippen molar-refractivity contribution in [2.24, 2.45) is 5.92 Å². The van der Waals surface area contributed by atoms with E-state index in [1.165, 1.54) is 5.56 Å². The van der Waals surface area contributed by atoms with Gasteiger partial charge in [-0.25, -0.2) is 0 Å². The molecule has 0 N–H and O–H groups in total. The van der Waals surface area contributed by atoms with Crippen molar-refractivity contribution in [3.8, 4) is 0 Å². The van der Waals surface area contributed by atoms with Gasteiger partial charge in [-0.05, 0) is 23.6 Å². The average molecular weight is 229 g/mol. The Bertz CT molecular complexity index is 329. The zero-order valence-electron chi connectivity index (χ0n) is 8.43. The first-order valence-electron chi connectivity index (χ1n) is 4.63. The maximum atomic E-state index is 5.95. The lowest BCUT2D eigenvalue weighted by Gasteiger charge is -2.17. The standard InChI is InChI=1S/C12H14Cl2/c1-4-10(8(2)3)9-5-6-11(13)12(14)7-9/h4-8,10H,1H2,2-3H3/t10-/m1/s1. The number of hydrogen-bond acceptors (Lipinski definition) is 0. The fourth-order valence-electron chi connectivity index (χ4n) is 1.51. The lowest BCUT2D eigenvalue weighted by molar-refractivity contribution is 0.579. The van der Waals surface area contributed by atoms with E-state index in [9.17, 15) is 0 Å². The molecule has 1 atom stereocenters. The van der Waals surface area contributed by atoms with Crippen LogP contribution in [0, 0.1) is 5.92 Å². The highest BCUT2D eigenvalue weighted by molar-refractivity contribution is 6.42. The second-order valence-corrected chi connectivity index (χ2v) is 4.49. The van der Waals surface area contributed by atoms with Crippen molar-refractivity contribution in [1.82, 2.24) is 0 Å². The number of hydrogen-bond donors (Lipinski definition) is 0. The van der Waals surface area contributed by atoms with Crippen molar-refractivity contribution in [2.75, 3.05) is 0 Å². The predicted octanol–water partition coefficient (Wildman–Crippen LogP) is 4.92. The van der Waals surface area contributed by atoms with Crippen LogP contribution in [0.4, 0.5) is 0 Å². The van der Waals surface area contributed by atoms with Crippen molar-refractivity contribution in [3.63, 3.8) is 0 Å². The molecule has 0 amide bonds. The van der Waals surface area contributed by atoms with Crippen LogP contribution in [0.25, 0.3) is 0 Å². The molecule has 0 aliphatic carbocycles. The first-order chi connectivity index (χ1) is 6.56. The van der Waals surface area contributed by atoms with Crippen LogP contribution >= 0.6 is 23.2 Å². The average Bonchev–Trinajstić information content (AvgIpc) is 2.11. The van der Waals surface area contributed by atoms with Crippen LogP contribution in [-0.4, -0.2) is 0 Å². The predicted molar refractivity (Wildman–Crippen MR) is 64.2 cm³/mol. The summed E-state index contributed by atoms with van der Waals surface area (Å²) in [6.45, 7) is 8.16. The third kappa shape index (κ3) is 2.52. The number of allylic oxidation sites excluding steroid dienone is 1. The molecule has 0 aromatic heterocycles. The molecular weight excluding hydrogens is 215 g/mol. The van der Waals surface area contributed by atoms with Gasteiger partial charge >= 0.3 is 0 Å². The maximum absolute atomic E-state index is 5.95. The van der Waals surface area contributed by atoms with Gasteiger partial charge in [-0.2, -0.15) is 0 Å². The lowest BCUT2D eigenvalue weighted by Crippen LogP contribution is -2.03. The summed E-state index contributed by atoms with van der Waals surface area (Å²) in [6, 6.07) is 5.74. The molecule has 0 saturated carbocycles. The fraction of sp³-hybridized carbons (Fsp3) is 0.333. The van der Waals surface area contributed by atoms with Crippen molar-refractivity contribution >= 4 is 23.2 Å². The summed E-state index contributed by atoms with van der Waals surface area (Å²) < 4.78 is 0. The van der Waals surface area contributed by atoms with E-state index in [-0.39, 0.29) is 0 Å². The van der Waals surface area contributed by atoms with Crippen LogP contribution in [-0.2, 0) is 0 Å². The van der Waals surface area contributed by atoms with E-state index in [0.29, 0.717) is 21.9 Å². The van der Waals surface area contributed by atoms with Crippen LogP contribution in [0.1, 0.15) is 25.3 Å². The Labute approximate surface area is 95.5 Å². The summed E-state index contributed by atoms with van der Waals surface area (Å²) >= 11 is 11.8. The first-order valence-corrected chi connectivity index (χ1v) is 5.39. The lowest BCUT2D eigenvalue weighted by atomic mass is 9.89. The molecule has 0 bridgehead atoms. The first kappa shape index (κ1) is 11.6. The van der Waals surface area contributed by atoms with Gasteiger partial charge in [0.1, 0.15) is 0 Å². The smallest absolute Gasteiger partial charge is 0.0595 e. The topological polar surface area (TPSA) is 0 Å². The van der Waals surface area contributed by atoms with Gasteiger partial charge < -0.3 is 0 Å². The highest BCUT2D eigenvalue weighted by Gasteiger charge is 2.12. The molecule has 0 saturated heterocycles. The molecule has 1 aromatic rings. The van der Waals surface area contributed by atoms with Gasteiger partial charge in [0.2, 0.25) is 0 Å². The fourth-order valence-corrected chi connectivity index (χ4v) is 1.82. The second-order valence-electron chi connectivity index (χ2n) is 3.68. The van der Waals surface area contributed by atoms with E-state index in [1.54, 1.807) is 0 Å². The second kappa shape index (κ2) is 4.86. The summed E-state index contributed by atoms with van der Waals surface area (Å²) in [5.41, 5.74) is 1.17. The zero-order valence-corrected chi connectivity index (χ0v) is 9.94. The quantitative estimate of drug-likeness (QED) is 0.645. The van der Waals surface area contributed by atoms with Gasteiger partial charge in [-0.15, -0.1) is 6.58 Å². The molecule has 0 radical (unpaired) electrons. The van der Waals surface area contributed by atoms with Crippen molar-refractivity contribution in [2.45, 2.75) is 19.8 Å². The Morgan fingerprint density at radius 2 is 1.86 bits per heavy atom. The van der Waals surface area contributed by atoms with Crippen LogP contribution in [0.3, 0.4) is 0 Å². The molecule has 2 heteroatoms. The van der Waals surface area contributed by atoms with Gasteiger partial charge in [-0.3, -0.25) is 0 Å². The third-order valence-corrected chi connectivity index (χ3v) is 3.04. The molecule has 1 rings (SSSR count). The van der Waals surface area contributed by atoms with Crippen molar-refractivity contribution in [1.29, 1.82) is 0 Å². The van der Waals surface area contributed by atoms with Crippen LogP contribution in [0.15, 0.2) is 30.9 Å². The van der Waals surface area contributed by atoms with Gasteiger partial charge in [0, 0.05) is 5.92 Å². The zero-order chi connectivity index (χ0) is 10.7. The van der Waals surface area contributed by atoms with E-state index in [0.717, 1.165) is 0 Å². The van der Waals surface area contributed by atoms with Gasteiger partial charge in [-0.1, -0.05) is 49.2 Å². The molecular formula is C12H14Cl2. The Balaban J connectivity index is 3.05. The van der Waals surface area contributed by atoms with Gasteiger partial charge in [0.05, 0.1) is 10.0 Å². The molecule has 0 spiro atoms. The Kier molecular flexibility index (Phi) is 4.03. The highest BCUT2D eigenvalue weighted by Crippen LogP contribution is 2.30. The minimum Gasteiger partial charge on any atom is -0.102 e. The summed E-state index contributed by atoms with van der Waals surface area (Å²) in [4.78, 5) is 0. The van der Waals surface area contributed by atoms with Gasteiger partial charge in [0.15, 0.2) is 0 Å². The molecule has 0 nitrogen and oxygen atoms in total. The van der Waals surface area contributed by atoms with E-state index >= 15 is 0 Å². The molecule has 0 unspecified atom stereocenters. The van der Waals surface area contributed by atoms with E-state index in [1.807, 2.05) is 24.3 Å². The van der Waals surface area contributed by atoms with Crippen LogP contribution in [0.5, 0.6) is 0 Å². The third-order valence-electron chi connectivity index (χ3n) is 2.30. The number of benzene rings is 1. The van der Waals surface area contributed by atoms with E-state index in [4.69, 9.17) is 23.2 Å². The van der Waals surface area contributed by atoms with Crippen LogP contribution in [0.2, 0.25) is 10.0 Å². The molecule has 1 aromatic carbocycles. The Hall–Kier alpha value is -0.460. The van der Waals surface area contributed by atoms with Crippen molar-refractivity contribution in [3.05, 3.63) is 46.5 Å². The molecule has 0 aliphatic heterocycles. The van der Waals surface area contributed by atoms with Crippen molar-refractivity contribution < 1.29 is 0 Å². The van der Waals surface area contributed by atoms with E-state index < -0.39 is 0 Å². The number of rotatable bonds is 3. The maximum Gasteiger partial charge on any atom is 0.0595 e.